The van der Waals surface area contributed by atoms with Crippen molar-refractivity contribution in [2.24, 2.45) is 0 Å². The molecule has 23 heavy (non-hydrogen) atoms. The molecule has 0 aliphatic rings. The molecule has 0 aromatic heterocycles. The average Bonchev–Trinajstić information content (AvgIpc) is 2.50. The summed E-state index contributed by atoms with van der Waals surface area (Å²) < 4.78 is 15.3. The Kier molecular flexibility index (Phi) is 7.60. The first-order valence-corrected chi connectivity index (χ1v) is 7.32. The Morgan fingerprint density at radius 1 is 1.13 bits per heavy atom. The van der Waals surface area contributed by atoms with Crippen molar-refractivity contribution >= 4 is 18.0 Å². The van der Waals surface area contributed by atoms with Crippen LogP contribution in [0.15, 0.2) is 42.5 Å². The maximum Gasteiger partial charge on any atom is 0.333 e. The molecule has 1 rings (SSSR count). The second-order valence-corrected chi connectivity index (χ2v) is 5.15. The van der Waals surface area contributed by atoms with E-state index < -0.39 is 11.9 Å². The molecular weight excluding hydrogens is 296 g/mol. The molecule has 0 unspecified atom stereocenters. The molecule has 0 radical (unpaired) electrons. The predicted octanol–water partition coefficient (Wildman–Crippen LogP) is 3.15. The maximum absolute atomic E-state index is 11.5. The number of ether oxygens (including phenoxy) is 3. The third-order valence-electron chi connectivity index (χ3n) is 2.57. The molecule has 0 heterocycles. The largest absolute Gasteiger partial charge is 0.491 e. The minimum Gasteiger partial charge on any atom is -0.491 e. The Morgan fingerprint density at radius 3 is 2.30 bits per heavy atom. The van der Waals surface area contributed by atoms with E-state index in [0.717, 1.165) is 11.3 Å². The number of benzene rings is 1. The summed E-state index contributed by atoms with van der Waals surface area (Å²) in [5.41, 5.74) is 1.16. The molecule has 1 aromatic rings. The Hall–Kier alpha value is -2.56. The van der Waals surface area contributed by atoms with Crippen molar-refractivity contribution < 1.29 is 23.8 Å². The fraction of sp³-hybridized carbons (Fsp3) is 0.333. The quantitative estimate of drug-likeness (QED) is 0.418. The van der Waals surface area contributed by atoms with Gasteiger partial charge < -0.3 is 14.2 Å². The van der Waals surface area contributed by atoms with Crippen LogP contribution in [0, 0.1) is 0 Å². The van der Waals surface area contributed by atoms with Crippen molar-refractivity contribution in [3.8, 4) is 5.75 Å². The van der Waals surface area contributed by atoms with Crippen molar-refractivity contribution in [2.45, 2.75) is 26.9 Å². The van der Waals surface area contributed by atoms with Crippen LogP contribution < -0.4 is 4.74 Å². The molecule has 0 amide bonds. The van der Waals surface area contributed by atoms with Gasteiger partial charge in [0.2, 0.25) is 0 Å². The molecule has 1 aromatic carbocycles. The third-order valence-corrected chi connectivity index (χ3v) is 2.57. The zero-order chi connectivity index (χ0) is 17.2. The van der Waals surface area contributed by atoms with Crippen LogP contribution >= 0.6 is 0 Å². The smallest absolute Gasteiger partial charge is 0.333 e. The van der Waals surface area contributed by atoms with E-state index >= 15 is 0 Å². The molecule has 0 N–H and O–H groups in total. The zero-order valence-corrected chi connectivity index (χ0v) is 13.7. The van der Waals surface area contributed by atoms with E-state index in [4.69, 9.17) is 14.2 Å². The number of carbonyl (C=O) groups is 2. The van der Waals surface area contributed by atoms with Gasteiger partial charge in [0.15, 0.2) is 0 Å². The van der Waals surface area contributed by atoms with E-state index in [1.54, 1.807) is 13.0 Å². The number of rotatable bonds is 8. The van der Waals surface area contributed by atoms with Gasteiger partial charge in [-0.15, -0.1) is 0 Å². The van der Waals surface area contributed by atoms with E-state index in [1.807, 2.05) is 38.1 Å². The highest BCUT2D eigenvalue weighted by molar-refractivity contribution is 5.87. The van der Waals surface area contributed by atoms with Gasteiger partial charge in [-0.1, -0.05) is 18.7 Å². The number of carbonyl (C=O) groups excluding carboxylic acids is 2. The highest BCUT2D eigenvalue weighted by atomic mass is 16.6. The lowest BCUT2D eigenvalue weighted by Crippen LogP contribution is -2.12. The van der Waals surface area contributed by atoms with Crippen molar-refractivity contribution in [2.75, 3.05) is 13.2 Å². The first-order valence-electron chi connectivity index (χ1n) is 7.32. The molecule has 0 spiro atoms. The summed E-state index contributed by atoms with van der Waals surface area (Å²) in [6.07, 6.45) is 3.07. The average molecular weight is 318 g/mol. The number of hydrogen-bond donors (Lipinski definition) is 0. The molecule has 5 nitrogen and oxygen atoms in total. The normalized spacial score (nSPS) is 10.6. The fourth-order valence-electron chi connectivity index (χ4n) is 1.54. The van der Waals surface area contributed by atoms with Gasteiger partial charge in [0.05, 0.1) is 6.10 Å². The summed E-state index contributed by atoms with van der Waals surface area (Å²) in [6, 6.07) is 7.36. The van der Waals surface area contributed by atoms with Crippen LogP contribution in [0.25, 0.3) is 6.08 Å². The predicted molar refractivity (Wildman–Crippen MR) is 88.0 cm³/mol. The maximum atomic E-state index is 11.5. The van der Waals surface area contributed by atoms with E-state index in [0.29, 0.717) is 5.57 Å². The topological polar surface area (TPSA) is 61.8 Å². The Bertz CT molecular complexity index is 570. The van der Waals surface area contributed by atoms with Crippen LogP contribution in [0.1, 0.15) is 26.3 Å². The van der Waals surface area contributed by atoms with Gasteiger partial charge in [0.1, 0.15) is 19.0 Å². The summed E-state index contributed by atoms with van der Waals surface area (Å²) >= 11 is 0. The zero-order valence-electron chi connectivity index (χ0n) is 13.7. The summed E-state index contributed by atoms with van der Waals surface area (Å²) in [7, 11) is 0. The number of esters is 2. The molecule has 0 saturated heterocycles. The van der Waals surface area contributed by atoms with Gasteiger partial charge in [-0.2, -0.15) is 0 Å². The molecule has 0 saturated carbocycles. The van der Waals surface area contributed by atoms with Gasteiger partial charge in [-0.25, -0.2) is 9.59 Å². The van der Waals surface area contributed by atoms with E-state index in [9.17, 15) is 9.59 Å². The van der Waals surface area contributed by atoms with E-state index in [2.05, 4.69) is 6.58 Å². The first kappa shape index (κ1) is 18.5. The monoisotopic (exact) mass is 318 g/mol. The summed E-state index contributed by atoms with van der Waals surface area (Å²) in [4.78, 5) is 22.6. The van der Waals surface area contributed by atoms with Crippen molar-refractivity contribution in [1.29, 1.82) is 0 Å². The SMILES string of the molecule is C=C(C)C(=O)OCCOC(=O)/C=C/c1ccc(OC(C)C)cc1. The molecule has 5 heteroatoms. The van der Waals surface area contributed by atoms with Gasteiger partial charge in [0.25, 0.3) is 0 Å². The second-order valence-electron chi connectivity index (χ2n) is 5.15. The summed E-state index contributed by atoms with van der Waals surface area (Å²) in [5.74, 6) is -0.224. The third kappa shape index (κ3) is 7.85. The van der Waals surface area contributed by atoms with E-state index in [1.165, 1.54) is 6.08 Å². The van der Waals surface area contributed by atoms with Gasteiger partial charge in [0, 0.05) is 11.6 Å². The Morgan fingerprint density at radius 2 is 1.74 bits per heavy atom. The highest BCUT2D eigenvalue weighted by Gasteiger charge is 2.03. The van der Waals surface area contributed by atoms with Crippen LogP contribution in [0.4, 0.5) is 0 Å². The minimum atomic E-state index is -0.501. The van der Waals surface area contributed by atoms with Crippen LogP contribution in [0.3, 0.4) is 0 Å². The summed E-state index contributed by atoms with van der Waals surface area (Å²) in [6.45, 7) is 8.92. The van der Waals surface area contributed by atoms with Crippen LogP contribution in [-0.4, -0.2) is 31.3 Å². The summed E-state index contributed by atoms with van der Waals surface area (Å²) in [5, 5.41) is 0. The molecule has 0 atom stereocenters. The molecule has 124 valence electrons. The molecule has 0 aliphatic carbocycles. The Labute approximate surface area is 136 Å². The fourth-order valence-corrected chi connectivity index (χ4v) is 1.54. The second kappa shape index (κ2) is 9.46. The molecule has 0 bridgehead atoms. The van der Waals surface area contributed by atoms with Crippen LogP contribution in [0.2, 0.25) is 0 Å². The van der Waals surface area contributed by atoms with E-state index in [-0.39, 0.29) is 19.3 Å². The van der Waals surface area contributed by atoms with Crippen molar-refractivity contribution in [1.82, 2.24) is 0 Å². The van der Waals surface area contributed by atoms with Crippen LogP contribution in [0.5, 0.6) is 5.75 Å². The first-order chi connectivity index (χ1) is 10.9. The molecule has 0 aliphatic heterocycles. The minimum absolute atomic E-state index is 0.00333. The highest BCUT2D eigenvalue weighted by Crippen LogP contribution is 2.14. The molecule has 0 fully saturated rings. The standard InChI is InChI=1S/C18H22O5/c1-13(2)18(20)22-12-11-21-17(19)10-7-15-5-8-16(9-6-15)23-14(3)4/h5-10,14H,1,11-12H2,2-4H3/b10-7+. The lowest BCUT2D eigenvalue weighted by atomic mass is 10.2. The van der Waals surface area contributed by atoms with Gasteiger partial charge in [-0.05, 0) is 44.5 Å². The van der Waals surface area contributed by atoms with Crippen molar-refractivity contribution in [3.63, 3.8) is 0 Å². The van der Waals surface area contributed by atoms with Crippen LogP contribution in [-0.2, 0) is 19.1 Å². The van der Waals surface area contributed by atoms with Gasteiger partial charge in [-0.3, -0.25) is 0 Å². The Balaban J connectivity index is 2.34. The number of hydrogen-bond acceptors (Lipinski definition) is 5. The lowest BCUT2D eigenvalue weighted by molar-refractivity contribution is -0.146. The lowest BCUT2D eigenvalue weighted by Gasteiger charge is -2.09. The van der Waals surface area contributed by atoms with Gasteiger partial charge >= 0.3 is 11.9 Å². The molecular formula is C18H22O5. The van der Waals surface area contributed by atoms with Crippen molar-refractivity contribution in [3.05, 3.63) is 48.1 Å².